The summed E-state index contributed by atoms with van der Waals surface area (Å²) in [5.74, 6) is 1.05. The van der Waals surface area contributed by atoms with Gasteiger partial charge in [0.15, 0.2) is 0 Å². The third-order valence-corrected chi connectivity index (χ3v) is 13.5. The first-order chi connectivity index (χ1) is 30.9. The Hall–Kier alpha value is -5.74. The van der Waals surface area contributed by atoms with E-state index in [1.807, 2.05) is 49.9 Å². The molecule has 4 saturated heterocycles. The number of ether oxygens (including phenoxy) is 4. The highest BCUT2D eigenvalue weighted by atomic mass is 16.5. The molecule has 4 amide bonds. The molecule has 64 heavy (non-hydrogen) atoms. The van der Waals surface area contributed by atoms with E-state index in [0.29, 0.717) is 38.8 Å². The molecule has 8 atom stereocenters. The lowest BCUT2D eigenvalue weighted by molar-refractivity contribution is -0.139. The van der Waals surface area contributed by atoms with E-state index in [4.69, 9.17) is 28.9 Å². The molecule has 4 N–H and O–H groups in total. The second kappa shape index (κ2) is 19.6. The summed E-state index contributed by atoms with van der Waals surface area (Å²) in [6.07, 6.45) is 8.20. The molecule has 0 aliphatic carbocycles. The van der Waals surface area contributed by atoms with Crippen molar-refractivity contribution in [3.05, 3.63) is 72.6 Å². The maximum Gasteiger partial charge on any atom is 0.407 e. The smallest absolute Gasteiger partial charge is 0.407 e. The Kier molecular flexibility index (Phi) is 13.7. The summed E-state index contributed by atoms with van der Waals surface area (Å²) in [5, 5.41) is 5.71. The number of alkyl carbamates (subject to hydrolysis) is 2. The first kappa shape index (κ1) is 44.9. The van der Waals surface area contributed by atoms with Crippen molar-refractivity contribution in [2.75, 3.05) is 27.3 Å². The third kappa shape index (κ3) is 9.82. The SMILES string of the molecule is COC(=O)NC(C(=O)N1CCCC1c1ncc(-c2ccc(-c3ccc(-c4cnc(C5CCCN5C(=O)C(NC(=O)OC)C5CC(C)OC(C)C5)[nH]4)cc3)cc2)[nH]1)C1CC(C)OC(C)C1. The lowest BCUT2D eigenvalue weighted by Gasteiger charge is -2.38. The van der Waals surface area contributed by atoms with Crippen LogP contribution in [0.5, 0.6) is 0 Å². The van der Waals surface area contributed by atoms with Gasteiger partial charge in [-0.1, -0.05) is 48.5 Å². The minimum absolute atomic E-state index is 0.0164. The van der Waals surface area contributed by atoms with Crippen LogP contribution in [0.1, 0.15) is 103 Å². The number of benzene rings is 2. The van der Waals surface area contributed by atoms with Crippen molar-refractivity contribution in [2.24, 2.45) is 11.8 Å². The molecule has 8 unspecified atom stereocenters. The van der Waals surface area contributed by atoms with Crippen molar-refractivity contribution in [2.45, 2.75) is 128 Å². The number of amides is 4. The molecular weight excluding hydrogens is 817 g/mol. The van der Waals surface area contributed by atoms with Gasteiger partial charge in [0.25, 0.3) is 0 Å². The highest BCUT2D eigenvalue weighted by Gasteiger charge is 2.43. The molecule has 4 aliphatic rings. The molecule has 0 spiro atoms. The fourth-order valence-electron chi connectivity index (χ4n) is 10.6. The van der Waals surface area contributed by atoms with Crippen molar-refractivity contribution < 1.29 is 38.1 Å². The Morgan fingerprint density at radius 2 is 0.938 bits per heavy atom. The lowest BCUT2D eigenvalue weighted by atomic mass is 9.85. The number of hydrogen-bond donors (Lipinski definition) is 4. The van der Waals surface area contributed by atoms with Crippen LogP contribution >= 0.6 is 0 Å². The second-order valence-corrected chi connectivity index (χ2v) is 18.1. The molecular formula is C48H62N8O8. The number of rotatable bonds is 11. The minimum atomic E-state index is -0.719. The normalized spacial score (nSPS) is 26.8. The number of likely N-dealkylation sites (tertiary alicyclic amines) is 2. The van der Waals surface area contributed by atoms with E-state index in [1.54, 1.807) is 0 Å². The summed E-state index contributed by atoms with van der Waals surface area (Å²) < 4.78 is 21.7. The average Bonchev–Trinajstić information content (AvgIpc) is 4.14. The quantitative estimate of drug-likeness (QED) is 0.119. The molecule has 16 heteroatoms. The summed E-state index contributed by atoms with van der Waals surface area (Å²) in [6, 6.07) is 14.7. The van der Waals surface area contributed by atoms with E-state index in [2.05, 4.69) is 69.1 Å². The summed E-state index contributed by atoms with van der Waals surface area (Å²) in [5.41, 5.74) is 5.76. The Labute approximate surface area is 374 Å². The molecule has 0 bridgehead atoms. The Balaban J connectivity index is 0.917. The van der Waals surface area contributed by atoms with E-state index in [9.17, 15) is 19.2 Å². The average molecular weight is 879 g/mol. The monoisotopic (exact) mass is 878 g/mol. The number of carbonyl (C=O) groups is 4. The molecule has 4 aliphatic heterocycles. The fraction of sp³-hybridized carbons (Fsp3) is 0.542. The van der Waals surface area contributed by atoms with Crippen LogP contribution in [-0.2, 0) is 28.5 Å². The van der Waals surface area contributed by atoms with Crippen molar-refractivity contribution >= 4 is 24.0 Å². The number of aromatic amines is 2. The number of hydrogen-bond acceptors (Lipinski definition) is 10. The Morgan fingerprint density at radius 1 is 0.594 bits per heavy atom. The zero-order valence-electron chi connectivity index (χ0n) is 37.7. The molecule has 342 valence electrons. The van der Waals surface area contributed by atoms with Gasteiger partial charge in [0, 0.05) is 13.1 Å². The van der Waals surface area contributed by atoms with Crippen molar-refractivity contribution in [1.29, 1.82) is 0 Å². The number of imidazole rings is 2. The number of H-pyrrole nitrogens is 2. The summed E-state index contributed by atoms with van der Waals surface area (Å²) >= 11 is 0. The van der Waals surface area contributed by atoms with Gasteiger partial charge in [-0.3, -0.25) is 9.59 Å². The maximum atomic E-state index is 14.2. The topological polar surface area (TPSA) is 193 Å². The molecule has 4 aromatic rings. The number of nitrogens with zero attached hydrogens (tertiary/aromatic N) is 4. The highest BCUT2D eigenvalue weighted by Crippen LogP contribution is 2.38. The number of carbonyl (C=O) groups excluding carboxylic acids is 4. The van der Waals surface area contributed by atoms with Crippen molar-refractivity contribution in [3.8, 4) is 33.6 Å². The van der Waals surface area contributed by atoms with Crippen LogP contribution in [-0.4, -0.2) is 118 Å². The van der Waals surface area contributed by atoms with E-state index >= 15 is 0 Å². The number of nitrogens with one attached hydrogen (secondary N) is 4. The largest absolute Gasteiger partial charge is 0.453 e. The molecule has 6 heterocycles. The Morgan fingerprint density at radius 3 is 1.28 bits per heavy atom. The van der Waals surface area contributed by atoms with Crippen LogP contribution < -0.4 is 10.6 Å². The van der Waals surface area contributed by atoms with E-state index in [-0.39, 0.29) is 60.1 Å². The Bertz CT molecular complexity index is 2080. The first-order valence-electron chi connectivity index (χ1n) is 22.8. The molecule has 0 radical (unpaired) electrons. The summed E-state index contributed by atoms with van der Waals surface area (Å²) in [6.45, 7) is 9.17. The third-order valence-electron chi connectivity index (χ3n) is 13.5. The molecule has 8 rings (SSSR count). The predicted octanol–water partition coefficient (Wildman–Crippen LogP) is 7.32. The van der Waals surface area contributed by atoms with Crippen LogP contribution in [0.4, 0.5) is 9.59 Å². The van der Waals surface area contributed by atoms with E-state index < -0.39 is 24.3 Å². The fourth-order valence-corrected chi connectivity index (χ4v) is 10.6. The molecule has 2 aromatic heterocycles. The van der Waals surface area contributed by atoms with Gasteiger partial charge >= 0.3 is 12.2 Å². The molecule has 16 nitrogen and oxygen atoms in total. The van der Waals surface area contributed by atoms with Crippen molar-refractivity contribution in [1.82, 2.24) is 40.4 Å². The maximum absolute atomic E-state index is 14.2. The number of aromatic nitrogens is 4. The van der Waals surface area contributed by atoms with Gasteiger partial charge < -0.3 is 49.3 Å². The molecule has 4 fully saturated rings. The highest BCUT2D eigenvalue weighted by molar-refractivity contribution is 5.87. The van der Waals surface area contributed by atoms with Crippen LogP contribution in [0.2, 0.25) is 0 Å². The van der Waals surface area contributed by atoms with Gasteiger partial charge in [-0.2, -0.15) is 0 Å². The van der Waals surface area contributed by atoms with Crippen molar-refractivity contribution in [3.63, 3.8) is 0 Å². The minimum Gasteiger partial charge on any atom is -0.453 e. The summed E-state index contributed by atoms with van der Waals surface area (Å²) in [7, 11) is 2.62. The first-order valence-corrected chi connectivity index (χ1v) is 22.8. The van der Waals surface area contributed by atoms with Crippen LogP contribution in [0.3, 0.4) is 0 Å². The van der Waals surface area contributed by atoms with Gasteiger partial charge in [0.05, 0.1) is 74.5 Å². The lowest BCUT2D eigenvalue weighted by Crippen LogP contribution is -2.54. The second-order valence-electron chi connectivity index (χ2n) is 18.1. The van der Waals surface area contributed by atoms with Gasteiger partial charge in [-0.15, -0.1) is 0 Å². The van der Waals surface area contributed by atoms with E-state index in [1.165, 1.54) is 14.2 Å². The van der Waals surface area contributed by atoms with E-state index in [0.717, 1.165) is 71.0 Å². The molecule has 0 saturated carbocycles. The summed E-state index contributed by atoms with van der Waals surface area (Å²) in [4.78, 5) is 73.4. The standard InChI is InChI=1S/C48H62N8O8/c1-27-21-35(22-28(2)63-27)41(53-47(59)61-5)45(57)55-19-7-9-39(55)43-49-25-37(51-43)33-15-11-31(12-16-33)32-13-17-34(18-14-32)38-26-50-44(52-38)40-10-8-20-56(40)46(58)42(54-48(60)62-6)36-23-29(3)64-30(4)24-36/h11-18,25-30,35-36,39-42H,7-10,19-24H2,1-6H3,(H,49,51)(H,50,52)(H,53,59)(H,54,60). The number of methoxy groups -OCH3 is 2. The predicted molar refractivity (Wildman–Crippen MR) is 239 cm³/mol. The van der Waals surface area contributed by atoms with Crippen LogP contribution in [0.25, 0.3) is 33.6 Å². The molecule has 2 aromatic carbocycles. The van der Waals surface area contributed by atoms with Crippen LogP contribution in [0.15, 0.2) is 60.9 Å². The van der Waals surface area contributed by atoms with Gasteiger partial charge in [-0.25, -0.2) is 19.6 Å². The van der Waals surface area contributed by atoms with Gasteiger partial charge in [-0.05, 0) is 113 Å². The van der Waals surface area contributed by atoms with Gasteiger partial charge in [0.1, 0.15) is 23.7 Å². The zero-order valence-corrected chi connectivity index (χ0v) is 37.7. The van der Waals surface area contributed by atoms with Gasteiger partial charge in [0.2, 0.25) is 11.8 Å². The van der Waals surface area contributed by atoms with Crippen LogP contribution in [0, 0.1) is 11.8 Å². The zero-order chi connectivity index (χ0) is 45.1.